The molecule has 2 aliphatic rings. The Morgan fingerprint density at radius 1 is 1.35 bits per heavy atom. The summed E-state index contributed by atoms with van der Waals surface area (Å²) in [6, 6.07) is 5.74. The van der Waals surface area contributed by atoms with E-state index in [0.717, 1.165) is 16.4 Å². The van der Waals surface area contributed by atoms with E-state index in [-0.39, 0.29) is 17.8 Å². The van der Waals surface area contributed by atoms with E-state index < -0.39 is 0 Å². The monoisotopic (exact) mass is 388 g/mol. The summed E-state index contributed by atoms with van der Waals surface area (Å²) < 4.78 is 14.2. The summed E-state index contributed by atoms with van der Waals surface area (Å²) >= 11 is 2.09. The van der Waals surface area contributed by atoms with Crippen molar-refractivity contribution in [3.05, 3.63) is 33.1 Å². The molecule has 1 aromatic rings. The molecular weight excluding hydrogens is 370 g/mol. The molecule has 5 heteroatoms. The van der Waals surface area contributed by atoms with Gasteiger partial charge in [0.1, 0.15) is 5.82 Å². The van der Waals surface area contributed by atoms with Gasteiger partial charge in [0, 0.05) is 28.7 Å². The van der Waals surface area contributed by atoms with Crippen LogP contribution in [0.2, 0.25) is 0 Å². The van der Waals surface area contributed by atoms with E-state index in [9.17, 15) is 9.18 Å². The number of benzene rings is 1. The summed E-state index contributed by atoms with van der Waals surface area (Å²) in [5.74, 6) is -0.423. The number of carbonyl (C=O) groups is 1. The Balaban J connectivity index is 1.78. The zero-order chi connectivity index (χ0) is 14.3. The van der Waals surface area contributed by atoms with E-state index in [1.54, 1.807) is 6.07 Å². The molecule has 1 N–H and O–H groups in total. The summed E-state index contributed by atoms with van der Waals surface area (Å²) in [7, 11) is 1.85. The molecule has 1 amide bonds. The van der Waals surface area contributed by atoms with Crippen molar-refractivity contribution in [2.45, 2.75) is 43.8 Å². The number of hydrogen-bond donors (Lipinski definition) is 1. The van der Waals surface area contributed by atoms with Gasteiger partial charge in [0.25, 0.3) is 5.91 Å². The Hall–Kier alpha value is -0.690. The average molecular weight is 388 g/mol. The molecule has 0 spiro atoms. The molecule has 2 fully saturated rings. The molecule has 1 aromatic carbocycles. The first-order valence-corrected chi connectivity index (χ1v) is 8.10. The molecule has 0 aliphatic carbocycles. The number of fused-ring (bicyclic) bond motifs is 2. The predicted octanol–water partition coefficient (Wildman–Crippen LogP) is 2.79. The van der Waals surface area contributed by atoms with E-state index in [0.29, 0.717) is 17.6 Å². The van der Waals surface area contributed by atoms with Crippen LogP contribution >= 0.6 is 22.6 Å². The van der Waals surface area contributed by atoms with Crippen LogP contribution in [0.25, 0.3) is 0 Å². The lowest BCUT2D eigenvalue weighted by Gasteiger charge is -2.35. The molecule has 2 saturated heterocycles. The second-order valence-corrected chi connectivity index (χ2v) is 6.97. The predicted molar refractivity (Wildman–Crippen MR) is 84.2 cm³/mol. The molecule has 0 aromatic heterocycles. The first kappa shape index (κ1) is 14.3. The van der Waals surface area contributed by atoms with Crippen LogP contribution in [0, 0.1) is 9.39 Å². The fourth-order valence-corrected chi connectivity index (χ4v) is 3.93. The van der Waals surface area contributed by atoms with Crippen LogP contribution < -0.4 is 5.32 Å². The number of halogens is 2. The largest absolute Gasteiger partial charge is 0.339 e. The average Bonchev–Trinajstić information content (AvgIpc) is 2.78. The Kier molecular flexibility index (Phi) is 3.99. The Bertz CT molecular complexity index is 525. The number of piperidine rings is 1. The van der Waals surface area contributed by atoms with Crippen molar-refractivity contribution in [3.63, 3.8) is 0 Å². The van der Waals surface area contributed by atoms with Crippen LogP contribution in [-0.2, 0) is 0 Å². The Labute approximate surface area is 132 Å². The molecule has 0 saturated carbocycles. The molecule has 2 aliphatic heterocycles. The third-order valence-electron chi connectivity index (χ3n) is 4.48. The second-order valence-electron chi connectivity index (χ2n) is 5.80. The van der Waals surface area contributed by atoms with Gasteiger partial charge in [-0.3, -0.25) is 4.79 Å². The number of carbonyl (C=O) groups excluding carboxylic acids is 1. The number of nitrogens with one attached hydrogen (secondary N) is 1. The van der Waals surface area contributed by atoms with Gasteiger partial charge in [-0.2, -0.15) is 0 Å². The fourth-order valence-electron chi connectivity index (χ4n) is 3.36. The van der Waals surface area contributed by atoms with Crippen molar-refractivity contribution in [1.82, 2.24) is 10.2 Å². The van der Waals surface area contributed by atoms with Crippen molar-refractivity contribution < 1.29 is 9.18 Å². The first-order valence-electron chi connectivity index (χ1n) is 7.03. The Morgan fingerprint density at radius 3 is 2.65 bits per heavy atom. The quantitative estimate of drug-likeness (QED) is 0.791. The fraction of sp³-hybridized carbons (Fsp3) is 0.533. The summed E-state index contributed by atoms with van der Waals surface area (Å²) in [5.41, 5.74) is 0.471. The molecule has 20 heavy (non-hydrogen) atoms. The van der Waals surface area contributed by atoms with Gasteiger partial charge in [-0.25, -0.2) is 4.39 Å². The highest BCUT2D eigenvalue weighted by molar-refractivity contribution is 14.1. The highest BCUT2D eigenvalue weighted by atomic mass is 127. The van der Waals surface area contributed by atoms with Crippen LogP contribution in [0.15, 0.2) is 18.2 Å². The van der Waals surface area contributed by atoms with Crippen molar-refractivity contribution in [3.8, 4) is 0 Å². The number of amides is 1. The third-order valence-corrected chi connectivity index (χ3v) is 5.42. The van der Waals surface area contributed by atoms with E-state index in [1.165, 1.54) is 25.0 Å². The number of nitrogens with zero attached hydrogens (tertiary/aromatic N) is 1. The van der Waals surface area contributed by atoms with Gasteiger partial charge < -0.3 is 10.2 Å². The molecule has 2 atom stereocenters. The molecule has 2 bridgehead atoms. The third kappa shape index (κ3) is 2.70. The summed E-state index contributed by atoms with van der Waals surface area (Å²) in [6.45, 7) is 0. The number of hydrogen-bond acceptors (Lipinski definition) is 2. The van der Waals surface area contributed by atoms with E-state index in [1.807, 2.05) is 11.9 Å². The van der Waals surface area contributed by atoms with Crippen molar-refractivity contribution in [1.29, 1.82) is 0 Å². The lowest BCUT2D eigenvalue weighted by molar-refractivity contribution is 0.0680. The van der Waals surface area contributed by atoms with Crippen LogP contribution in [0.5, 0.6) is 0 Å². The minimum atomic E-state index is -0.354. The van der Waals surface area contributed by atoms with Crippen LogP contribution in [0.1, 0.15) is 36.0 Å². The minimum Gasteiger partial charge on any atom is -0.339 e. The summed E-state index contributed by atoms with van der Waals surface area (Å²) in [4.78, 5) is 14.4. The van der Waals surface area contributed by atoms with Gasteiger partial charge in [-0.1, -0.05) is 0 Å². The van der Waals surface area contributed by atoms with Crippen LogP contribution in [0.3, 0.4) is 0 Å². The zero-order valence-corrected chi connectivity index (χ0v) is 13.6. The van der Waals surface area contributed by atoms with Crippen molar-refractivity contribution >= 4 is 28.5 Å². The van der Waals surface area contributed by atoms with Crippen LogP contribution in [-0.4, -0.2) is 36.0 Å². The van der Waals surface area contributed by atoms with Crippen molar-refractivity contribution in [2.24, 2.45) is 0 Å². The van der Waals surface area contributed by atoms with Gasteiger partial charge in [0.05, 0.1) is 5.56 Å². The molecule has 3 nitrogen and oxygen atoms in total. The van der Waals surface area contributed by atoms with E-state index >= 15 is 0 Å². The lowest BCUT2D eigenvalue weighted by Crippen LogP contribution is -2.48. The van der Waals surface area contributed by atoms with Gasteiger partial charge in [-0.05, 0) is 66.5 Å². The van der Waals surface area contributed by atoms with Crippen molar-refractivity contribution in [2.75, 3.05) is 7.05 Å². The molecule has 108 valence electrons. The van der Waals surface area contributed by atoms with Gasteiger partial charge >= 0.3 is 0 Å². The summed E-state index contributed by atoms with van der Waals surface area (Å²) in [5, 5.41) is 3.57. The molecule has 2 unspecified atom stereocenters. The van der Waals surface area contributed by atoms with Gasteiger partial charge in [-0.15, -0.1) is 0 Å². The summed E-state index contributed by atoms with van der Waals surface area (Å²) in [6.07, 6.45) is 4.43. The maximum absolute atomic E-state index is 13.4. The second kappa shape index (κ2) is 5.60. The highest BCUT2D eigenvalue weighted by Gasteiger charge is 2.36. The zero-order valence-electron chi connectivity index (χ0n) is 11.4. The van der Waals surface area contributed by atoms with Gasteiger partial charge in [0.15, 0.2) is 0 Å². The molecule has 2 heterocycles. The van der Waals surface area contributed by atoms with Crippen LogP contribution in [0.4, 0.5) is 4.39 Å². The molecule has 0 radical (unpaired) electrons. The smallest absolute Gasteiger partial charge is 0.255 e. The highest BCUT2D eigenvalue weighted by Crippen LogP contribution is 2.30. The van der Waals surface area contributed by atoms with E-state index in [4.69, 9.17) is 0 Å². The standard InChI is InChI=1S/C15H18FIN2O/c1-19(12-7-10-3-4-11(8-12)18-10)15(20)13-6-9(16)2-5-14(13)17/h2,5-6,10-12,18H,3-4,7-8H2,1H3. The Morgan fingerprint density at radius 2 is 2.00 bits per heavy atom. The SMILES string of the molecule is CN(C(=O)c1cc(F)ccc1I)C1CC2CCC(C1)N2. The van der Waals surface area contributed by atoms with Gasteiger partial charge in [0.2, 0.25) is 0 Å². The molecule has 3 rings (SSSR count). The maximum Gasteiger partial charge on any atom is 0.255 e. The normalized spacial score (nSPS) is 28.4. The molecular formula is C15H18FIN2O. The minimum absolute atomic E-state index is 0.0693. The van der Waals surface area contributed by atoms with E-state index in [2.05, 4.69) is 27.9 Å². The lowest BCUT2D eigenvalue weighted by atomic mass is 9.98. The first-order chi connectivity index (χ1) is 9.54. The number of rotatable bonds is 2. The topological polar surface area (TPSA) is 32.3 Å². The maximum atomic E-state index is 13.4.